The molecule has 1 aromatic heterocycles. The van der Waals surface area contributed by atoms with Crippen LogP contribution in [-0.4, -0.2) is 60.8 Å². The van der Waals surface area contributed by atoms with Gasteiger partial charge in [0.2, 0.25) is 5.91 Å². The number of carbonyl (C=O) groups is 1. The van der Waals surface area contributed by atoms with Crippen LogP contribution in [0.5, 0.6) is 5.75 Å². The summed E-state index contributed by atoms with van der Waals surface area (Å²) in [5, 5.41) is 10.7. The summed E-state index contributed by atoms with van der Waals surface area (Å²) in [5.41, 5.74) is 2.26. The molecular formula is C21H29N5O2. The lowest BCUT2D eigenvalue weighted by Gasteiger charge is -2.34. The zero-order chi connectivity index (χ0) is 19.5. The van der Waals surface area contributed by atoms with Crippen molar-refractivity contribution in [3.63, 3.8) is 0 Å². The first-order valence-corrected chi connectivity index (χ1v) is 10.1. The average molecular weight is 383 g/mol. The highest BCUT2D eigenvalue weighted by molar-refractivity contribution is 5.78. The van der Waals surface area contributed by atoms with Crippen molar-refractivity contribution < 1.29 is 9.53 Å². The van der Waals surface area contributed by atoms with Crippen molar-refractivity contribution in [2.24, 2.45) is 0 Å². The molecule has 150 valence electrons. The van der Waals surface area contributed by atoms with Gasteiger partial charge in [-0.05, 0) is 25.8 Å². The lowest BCUT2D eigenvalue weighted by Crippen LogP contribution is -2.49. The minimum Gasteiger partial charge on any atom is -0.496 e. The topological polar surface area (TPSA) is 73.5 Å². The van der Waals surface area contributed by atoms with Crippen LogP contribution in [0.25, 0.3) is 0 Å². The highest BCUT2D eigenvalue weighted by Crippen LogP contribution is 2.39. The number of nitrogens with zero attached hydrogens (tertiary/aromatic N) is 3. The van der Waals surface area contributed by atoms with Gasteiger partial charge in [0.1, 0.15) is 5.75 Å². The SMILES string of the molecule is COc1ccccc1C(C)NC(=O)CN1CCN(c2cc(C3CC3)[nH]n2)CC1. The number of hydrogen-bond donors (Lipinski definition) is 2. The molecule has 4 rings (SSSR count). The Morgan fingerprint density at radius 3 is 2.75 bits per heavy atom. The van der Waals surface area contributed by atoms with E-state index in [1.54, 1.807) is 7.11 Å². The molecule has 1 aromatic carbocycles. The summed E-state index contributed by atoms with van der Waals surface area (Å²) in [6.07, 6.45) is 2.55. The first-order chi connectivity index (χ1) is 13.6. The molecule has 1 amide bonds. The first kappa shape index (κ1) is 18.8. The number of methoxy groups -OCH3 is 1. The van der Waals surface area contributed by atoms with Gasteiger partial charge in [-0.2, -0.15) is 5.10 Å². The molecular weight excluding hydrogens is 354 g/mol. The quantitative estimate of drug-likeness (QED) is 0.768. The summed E-state index contributed by atoms with van der Waals surface area (Å²) < 4.78 is 5.40. The highest BCUT2D eigenvalue weighted by Gasteiger charge is 2.27. The maximum atomic E-state index is 12.5. The maximum absolute atomic E-state index is 12.5. The molecule has 0 spiro atoms. The summed E-state index contributed by atoms with van der Waals surface area (Å²) in [6.45, 7) is 5.92. The van der Waals surface area contributed by atoms with Crippen LogP contribution in [-0.2, 0) is 4.79 Å². The third-order valence-electron chi connectivity index (χ3n) is 5.65. The number of ether oxygens (including phenoxy) is 1. The Balaban J connectivity index is 1.25. The first-order valence-electron chi connectivity index (χ1n) is 10.1. The van der Waals surface area contributed by atoms with Crippen LogP contribution in [0.15, 0.2) is 30.3 Å². The summed E-state index contributed by atoms with van der Waals surface area (Å²) in [5.74, 6) is 2.57. The molecule has 1 aliphatic carbocycles. The fraction of sp³-hybridized carbons (Fsp3) is 0.524. The zero-order valence-corrected chi connectivity index (χ0v) is 16.6. The summed E-state index contributed by atoms with van der Waals surface area (Å²) in [7, 11) is 1.65. The molecule has 1 saturated heterocycles. The smallest absolute Gasteiger partial charge is 0.234 e. The molecule has 2 aromatic rings. The van der Waals surface area contributed by atoms with E-state index in [0.29, 0.717) is 12.5 Å². The summed E-state index contributed by atoms with van der Waals surface area (Å²) in [4.78, 5) is 17.0. The third-order valence-corrected chi connectivity index (χ3v) is 5.65. The Bertz CT molecular complexity index is 809. The van der Waals surface area contributed by atoms with Gasteiger partial charge < -0.3 is 15.0 Å². The zero-order valence-electron chi connectivity index (χ0n) is 16.6. The van der Waals surface area contributed by atoms with Gasteiger partial charge in [-0.15, -0.1) is 0 Å². The number of H-pyrrole nitrogens is 1. The van der Waals surface area contributed by atoms with E-state index in [4.69, 9.17) is 4.74 Å². The van der Waals surface area contributed by atoms with Gasteiger partial charge in [0.25, 0.3) is 0 Å². The minimum absolute atomic E-state index is 0.0441. The van der Waals surface area contributed by atoms with Gasteiger partial charge in [-0.25, -0.2) is 0 Å². The molecule has 7 nitrogen and oxygen atoms in total. The number of amides is 1. The van der Waals surface area contributed by atoms with Crippen LogP contribution in [0.4, 0.5) is 5.82 Å². The monoisotopic (exact) mass is 383 g/mol. The van der Waals surface area contributed by atoms with Gasteiger partial charge in [0.15, 0.2) is 5.82 Å². The van der Waals surface area contributed by atoms with Crippen molar-refractivity contribution >= 4 is 11.7 Å². The number of anilines is 1. The molecule has 2 N–H and O–H groups in total. The van der Waals surface area contributed by atoms with Crippen molar-refractivity contribution in [3.05, 3.63) is 41.6 Å². The molecule has 1 atom stereocenters. The van der Waals surface area contributed by atoms with E-state index >= 15 is 0 Å². The van der Waals surface area contributed by atoms with Crippen LogP contribution in [0.1, 0.15) is 43.0 Å². The summed E-state index contributed by atoms with van der Waals surface area (Å²) in [6, 6.07) is 9.90. The molecule has 1 aliphatic heterocycles. The number of rotatable bonds is 7. The number of para-hydroxylation sites is 1. The molecule has 0 radical (unpaired) electrons. The number of carbonyl (C=O) groups excluding carboxylic acids is 1. The van der Waals surface area contributed by atoms with E-state index in [2.05, 4.69) is 31.4 Å². The van der Waals surface area contributed by atoms with Gasteiger partial charge in [0.05, 0.1) is 19.7 Å². The molecule has 1 unspecified atom stereocenters. The summed E-state index contributed by atoms with van der Waals surface area (Å²) >= 11 is 0. The predicted octanol–water partition coefficient (Wildman–Crippen LogP) is 2.30. The number of hydrogen-bond acceptors (Lipinski definition) is 5. The van der Waals surface area contributed by atoms with Crippen molar-refractivity contribution in [2.45, 2.75) is 31.7 Å². The van der Waals surface area contributed by atoms with E-state index in [0.717, 1.165) is 43.3 Å². The van der Waals surface area contributed by atoms with Crippen LogP contribution in [0, 0.1) is 0 Å². The van der Waals surface area contributed by atoms with E-state index < -0.39 is 0 Å². The van der Waals surface area contributed by atoms with Crippen LogP contribution in [0.3, 0.4) is 0 Å². The molecule has 2 aliphatic rings. The third kappa shape index (κ3) is 4.30. The Labute approximate surface area is 166 Å². The van der Waals surface area contributed by atoms with Crippen molar-refractivity contribution in [2.75, 3.05) is 44.7 Å². The fourth-order valence-corrected chi connectivity index (χ4v) is 3.82. The normalized spacial score (nSPS) is 18.7. The van der Waals surface area contributed by atoms with Gasteiger partial charge >= 0.3 is 0 Å². The highest BCUT2D eigenvalue weighted by atomic mass is 16.5. The number of nitrogens with one attached hydrogen (secondary N) is 2. The largest absolute Gasteiger partial charge is 0.496 e. The minimum atomic E-state index is -0.0881. The molecule has 0 bridgehead atoms. The lowest BCUT2D eigenvalue weighted by molar-refractivity contribution is -0.123. The van der Waals surface area contributed by atoms with Crippen molar-refractivity contribution in [1.82, 2.24) is 20.4 Å². The molecule has 2 heterocycles. The second-order valence-electron chi connectivity index (χ2n) is 7.75. The lowest BCUT2D eigenvalue weighted by atomic mass is 10.1. The fourth-order valence-electron chi connectivity index (χ4n) is 3.82. The second kappa shape index (κ2) is 8.22. The number of aromatic amines is 1. The Hall–Kier alpha value is -2.54. The Kier molecular flexibility index (Phi) is 5.52. The van der Waals surface area contributed by atoms with Gasteiger partial charge in [0, 0.05) is 49.4 Å². The van der Waals surface area contributed by atoms with Crippen molar-refractivity contribution in [1.29, 1.82) is 0 Å². The number of aromatic nitrogens is 2. The average Bonchev–Trinajstić information content (AvgIpc) is 3.45. The standard InChI is InChI=1S/C21H29N5O2/c1-15(17-5-3-4-6-19(17)28-2)22-21(27)14-25-9-11-26(12-10-25)20-13-18(23-24-20)16-7-8-16/h3-6,13,15-16H,7-12,14H2,1-2H3,(H,22,27)(H,23,24). The second-order valence-corrected chi connectivity index (χ2v) is 7.75. The van der Waals surface area contributed by atoms with Gasteiger partial charge in [-0.1, -0.05) is 18.2 Å². The van der Waals surface area contributed by atoms with E-state index in [9.17, 15) is 4.79 Å². The predicted molar refractivity (Wildman–Crippen MR) is 109 cm³/mol. The molecule has 2 fully saturated rings. The van der Waals surface area contributed by atoms with E-state index in [1.165, 1.54) is 18.5 Å². The Morgan fingerprint density at radius 2 is 2.04 bits per heavy atom. The number of benzene rings is 1. The van der Waals surface area contributed by atoms with Crippen LogP contribution >= 0.6 is 0 Å². The Morgan fingerprint density at radius 1 is 1.29 bits per heavy atom. The number of piperazine rings is 1. The molecule has 28 heavy (non-hydrogen) atoms. The van der Waals surface area contributed by atoms with E-state index in [-0.39, 0.29) is 11.9 Å². The van der Waals surface area contributed by atoms with E-state index in [1.807, 2.05) is 31.2 Å². The van der Waals surface area contributed by atoms with Crippen LogP contribution in [0.2, 0.25) is 0 Å². The van der Waals surface area contributed by atoms with Crippen LogP contribution < -0.4 is 15.0 Å². The van der Waals surface area contributed by atoms with Crippen molar-refractivity contribution in [3.8, 4) is 5.75 Å². The molecule has 7 heteroatoms. The molecule has 1 saturated carbocycles. The van der Waals surface area contributed by atoms with Gasteiger partial charge in [-0.3, -0.25) is 14.8 Å². The maximum Gasteiger partial charge on any atom is 0.234 e.